The number of benzene rings is 2. The molecule has 4 rings (SSSR count). The third-order valence-corrected chi connectivity index (χ3v) is 6.60. The van der Waals surface area contributed by atoms with Crippen molar-refractivity contribution in [2.24, 2.45) is 0 Å². The number of allylic oxidation sites excluding steroid dienone is 1. The predicted octanol–water partition coefficient (Wildman–Crippen LogP) is 3.35. The number of methoxy groups -OCH3 is 2. The van der Waals surface area contributed by atoms with E-state index in [1.165, 1.54) is 16.7 Å². The summed E-state index contributed by atoms with van der Waals surface area (Å²) in [7, 11) is 3.14. The van der Waals surface area contributed by atoms with Crippen LogP contribution in [0.25, 0.3) is 0 Å². The Kier molecular flexibility index (Phi) is 4.99. The number of nitriles is 1. The first kappa shape index (κ1) is 19.4. The van der Waals surface area contributed by atoms with Crippen LogP contribution >= 0.6 is 11.8 Å². The van der Waals surface area contributed by atoms with Crippen LogP contribution in [0, 0.1) is 11.3 Å². The Morgan fingerprint density at radius 3 is 2.55 bits per heavy atom. The van der Waals surface area contributed by atoms with E-state index in [1.54, 1.807) is 38.5 Å². The molecule has 2 atom stereocenters. The number of aliphatic hydroxyl groups is 1. The van der Waals surface area contributed by atoms with Crippen molar-refractivity contribution in [3.63, 3.8) is 0 Å². The van der Waals surface area contributed by atoms with Gasteiger partial charge in [0.15, 0.2) is 5.72 Å². The highest BCUT2D eigenvalue weighted by molar-refractivity contribution is 8.03. The van der Waals surface area contributed by atoms with Gasteiger partial charge in [0.1, 0.15) is 11.5 Å². The summed E-state index contributed by atoms with van der Waals surface area (Å²) in [5.41, 5.74) is 0.357. The molecule has 2 aromatic rings. The van der Waals surface area contributed by atoms with Gasteiger partial charge in [0, 0.05) is 23.5 Å². The summed E-state index contributed by atoms with van der Waals surface area (Å²) in [4.78, 5) is 14.6. The minimum atomic E-state index is -1.50. The SMILES string of the molecule is COc1ccc([C@]2(O)CSC3=C(C#N)[C@H](c4ccccc4OC)CC(=O)N32)cc1. The predicted molar refractivity (Wildman–Crippen MR) is 109 cm³/mol. The van der Waals surface area contributed by atoms with Crippen molar-refractivity contribution in [3.8, 4) is 17.6 Å². The van der Waals surface area contributed by atoms with Crippen LogP contribution in [0.5, 0.6) is 11.5 Å². The lowest BCUT2D eigenvalue weighted by Crippen LogP contribution is -2.48. The number of hydrogen-bond acceptors (Lipinski definition) is 6. The maximum Gasteiger partial charge on any atom is 0.231 e. The van der Waals surface area contributed by atoms with Crippen LogP contribution in [0.15, 0.2) is 59.1 Å². The number of ether oxygens (including phenoxy) is 2. The Hall–Kier alpha value is -2.95. The molecule has 1 N–H and O–H groups in total. The fourth-order valence-corrected chi connectivity index (χ4v) is 5.28. The summed E-state index contributed by atoms with van der Waals surface area (Å²) < 4.78 is 10.6. The normalized spacial score (nSPS) is 23.6. The maximum atomic E-state index is 13.2. The van der Waals surface area contributed by atoms with Gasteiger partial charge in [0.05, 0.1) is 36.6 Å². The third-order valence-electron chi connectivity index (χ3n) is 5.38. The number of hydrogen-bond donors (Lipinski definition) is 1. The zero-order valence-electron chi connectivity index (χ0n) is 16.1. The number of carbonyl (C=O) groups excluding carboxylic acids is 1. The van der Waals surface area contributed by atoms with Gasteiger partial charge in [-0.25, -0.2) is 0 Å². The topological polar surface area (TPSA) is 82.8 Å². The Balaban J connectivity index is 1.80. The summed E-state index contributed by atoms with van der Waals surface area (Å²) in [5.74, 6) is 0.932. The standard InChI is InChI=1S/C22H20N2O4S/c1-27-15-9-7-14(8-10-15)22(26)13-29-21-18(12-23)17(11-20(25)24(21)22)16-5-3-4-6-19(16)28-2/h3-10,17,26H,11,13H2,1-2H3/t17-,22+/m0/s1. The molecule has 0 radical (unpaired) electrons. The third kappa shape index (κ3) is 3.05. The molecule has 1 fully saturated rings. The molecular formula is C22H20N2O4S. The molecular weight excluding hydrogens is 388 g/mol. The van der Waals surface area contributed by atoms with Gasteiger partial charge < -0.3 is 14.6 Å². The Morgan fingerprint density at radius 1 is 1.17 bits per heavy atom. The van der Waals surface area contributed by atoms with E-state index in [1.807, 2.05) is 24.3 Å². The van der Waals surface area contributed by atoms with Gasteiger partial charge in [0.25, 0.3) is 0 Å². The molecule has 2 aromatic carbocycles. The van der Waals surface area contributed by atoms with E-state index in [0.717, 1.165) is 5.56 Å². The van der Waals surface area contributed by atoms with Gasteiger partial charge in [-0.1, -0.05) is 30.3 Å². The Bertz CT molecular complexity index is 1030. The quantitative estimate of drug-likeness (QED) is 0.835. The summed E-state index contributed by atoms with van der Waals surface area (Å²) in [6.45, 7) is 0. The van der Waals surface area contributed by atoms with Gasteiger partial charge in [0.2, 0.25) is 5.91 Å². The van der Waals surface area contributed by atoms with Gasteiger partial charge in [-0.05, 0) is 18.2 Å². The summed E-state index contributed by atoms with van der Waals surface area (Å²) in [6.07, 6.45) is 0.0891. The monoisotopic (exact) mass is 408 g/mol. The lowest BCUT2D eigenvalue weighted by molar-refractivity contribution is -0.149. The molecule has 1 saturated heterocycles. The van der Waals surface area contributed by atoms with E-state index in [-0.39, 0.29) is 18.1 Å². The van der Waals surface area contributed by atoms with Crippen LogP contribution in [-0.2, 0) is 10.5 Å². The van der Waals surface area contributed by atoms with Crippen molar-refractivity contribution in [2.75, 3.05) is 20.0 Å². The molecule has 2 aliphatic rings. The van der Waals surface area contributed by atoms with Crippen molar-refractivity contribution >= 4 is 17.7 Å². The summed E-state index contributed by atoms with van der Waals surface area (Å²) >= 11 is 1.33. The van der Waals surface area contributed by atoms with Gasteiger partial charge in [-0.3, -0.25) is 9.69 Å². The van der Waals surface area contributed by atoms with E-state index in [4.69, 9.17) is 9.47 Å². The Morgan fingerprint density at radius 2 is 1.90 bits per heavy atom. The lowest BCUT2D eigenvalue weighted by atomic mass is 9.85. The zero-order valence-corrected chi connectivity index (χ0v) is 16.9. The van der Waals surface area contributed by atoms with Crippen molar-refractivity contribution in [2.45, 2.75) is 18.1 Å². The number of thioether (sulfide) groups is 1. The van der Waals surface area contributed by atoms with Crippen LogP contribution in [0.3, 0.4) is 0 Å². The molecule has 6 nitrogen and oxygen atoms in total. The molecule has 0 unspecified atom stereocenters. The van der Waals surface area contributed by atoms with Gasteiger partial charge in [-0.15, -0.1) is 11.8 Å². The fourth-order valence-electron chi connectivity index (χ4n) is 3.92. The van der Waals surface area contributed by atoms with Crippen LogP contribution in [0.1, 0.15) is 23.5 Å². The highest BCUT2D eigenvalue weighted by atomic mass is 32.2. The maximum absolute atomic E-state index is 13.2. The second kappa shape index (κ2) is 7.47. The van der Waals surface area contributed by atoms with E-state index in [0.29, 0.717) is 27.7 Å². The van der Waals surface area contributed by atoms with Crippen LogP contribution < -0.4 is 9.47 Å². The lowest BCUT2D eigenvalue weighted by Gasteiger charge is -2.38. The van der Waals surface area contributed by atoms with Crippen LogP contribution in [0.4, 0.5) is 0 Å². The second-order valence-corrected chi connectivity index (χ2v) is 7.86. The molecule has 0 spiro atoms. The van der Waals surface area contributed by atoms with Crippen molar-refractivity contribution in [1.82, 2.24) is 4.90 Å². The molecule has 0 bridgehead atoms. The molecule has 0 aromatic heterocycles. The molecule has 148 valence electrons. The van der Waals surface area contributed by atoms with Crippen LogP contribution in [-0.4, -0.2) is 35.9 Å². The number of nitrogens with zero attached hydrogens (tertiary/aromatic N) is 2. The second-order valence-electron chi connectivity index (χ2n) is 6.89. The first-order valence-electron chi connectivity index (χ1n) is 9.13. The van der Waals surface area contributed by atoms with Gasteiger partial charge >= 0.3 is 0 Å². The van der Waals surface area contributed by atoms with E-state index in [2.05, 4.69) is 6.07 Å². The first-order chi connectivity index (χ1) is 14.0. The smallest absolute Gasteiger partial charge is 0.231 e. The highest BCUT2D eigenvalue weighted by Gasteiger charge is 2.52. The van der Waals surface area contributed by atoms with Crippen molar-refractivity contribution < 1.29 is 19.4 Å². The average molecular weight is 408 g/mol. The molecule has 29 heavy (non-hydrogen) atoms. The number of para-hydroxylation sites is 1. The number of amides is 1. The highest BCUT2D eigenvalue weighted by Crippen LogP contribution is 2.52. The van der Waals surface area contributed by atoms with Gasteiger partial charge in [-0.2, -0.15) is 5.26 Å². The molecule has 1 amide bonds. The molecule has 2 aliphatic heterocycles. The number of carbonyl (C=O) groups is 1. The summed E-state index contributed by atoms with van der Waals surface area (Å²) in [5, 5.41) is 21.9. The number of rotatable bonds is 4. The minimum Gasteiger partial charge on any atom is -0.497 e. The van der Waals surface area contributed by atoms with E-state index in [9.17, 15) is 15.2 Å². The van der Waals surface area contributed by atoms with Crippen molar-refractivity contribution in [1.29, 1.82) is 5.26 Å². The largest absolute Gasteiger partial charge is 0.497 e. The fraction of sp³-hybridized carbons (Fsp3) is 0.273. The van der Waals surface area contributed by atoms with Crippen LogP contribution in [0.2, 0.25) is 0 Å². The molecule has 7 heteroatoms. The van der Waals surface area contributed by atoms with E-state index >= 15 is 0 Å². The zero-order chi connectivity index (χ0) is 20.6. The average Bonchev–Trinajstić information content (AvgIpc) is 3.12. The molecule has 0 aliphatic carbocycles. The summed E-state index contributed by atoms with van der Waals surface area (Å²) in [6, 6.07) is 16.7. The number of fused-ring (bicyclic) bond motifs is 1. The molecule has 2 heterocycles. The molecule has 0 saturated carbocycles. The Labute approximate surface area is 173 Å². The van der Waals surface area contributed by atoms with E-state index < -0.39 is 11.6 Å². The van der Waals surface area contributed by atoms with Crippen molar-refractivity contribution in [3.05, 3.63) is 70.3 Å². The minimum absolute atomic E-state index is 0.0891. The first-order valence-corrected chi connectivity index (χ1v) is 10.1.